The van der Waals surface area contributed by atoms with Crippen molar-refractivity contribution >= 4 is 17.8 Å². The van der Waals surface area contributed by atoms with Crippen LogP contribution in [-0.4, -0.2) is 79.6 Å². The van der Waals surface area contributed by atoms with Gasteiger partial charge >= 0.3 is 5.97 Å². The minimum atomic E-state index is -0.973. The SMILES string of the molecule is COCCOCCOc1c(CCO)ccc2c1CN([C@@H](CCC(=O)OC(C)(C)C)C(N)=O)C2=O. The number of aliphatic hydroxyl groups excluding tert-OH is 1. The Morgan fingerprint density at radius 1 is 1.18 bits per heavy atom. The van der Waals surface area contributed by atoms with E-state index in [-0.39, 0.29) is 38.5 Å². The Morgan fingerprint density at radius 3 is 2.50 bits per heavy atom. The number of nitrogens with two attached hydrogens (primary N) is 1. The number of primary amides is 1. The number of methoxy groups -OCH3 is 1. The van der Waals surface area contributed by atoms with E-state index >= 15 is 0 Å². The van der Waals surface area contributed by atoms with E-state index in [0.29, 0.717) is 43.1 Å². The minimum Gasteiger partial charge on any atom is -0.491 e. The fourth-order valence-corrected chi connectivity index (χ4v) is 3.73. The van der Waals surface area contributed by atoms with Crippen LogP contribution in [0.4, 0.5) is 0 Å². The number of benzene rings is 1. The Bertz CT molecular complexity index is 865. The minimum absolute atomic E-state index is 0.0526. The molecule has 190 valence electrons. The first kappa shape index (κ1) is 27.6. The maximum atomic E-state index is 13.1. The van der Waals surface area contributed by atoms with Crippen molar-refractivity contribution in [2.24, 2.45) is 5.73 Å². The van der Waals surface area contributed by atoms with Crippen molar-refractivity contribution in [3.63, 3.8) is 0 Å². The second-order valence-corrected chi connectivity index (χ2v) is 8.98. The fraction of sp³-hybridized carbons (Fsp3) is 0.625. The van der Waals surface area contributed by atoms with E-state index in [1.807, 2.05) is 0 Å². The van der Waals surface area contributed by atoms with Gasteiger partial charge in [-0.05, 0) is 45.2 Å². The fourth-order valence-electron chi connectivity index (χ4n) is 3.73. The van der Waals surface area contributed by atoms with Crippen LogP contribution in [-0.2, 0) is 36.8 Å². The van der Waals surface area contributed by atoms with E-state index in [2.05, 4.69) is 0 Å². The molecular formula is C24H36N2O8. The quantitative estimate of drug-likeness (QED) is 0.299. The second-order valence-electron chi connectivity index (χ2n) is 8.98. The topological polar surface area (TPSA) is 138 Å². The van der Waals surface area contributed by atoms with Crippen LogP contribution in [0.1, 0.15) is 55.1 Å². The van der Waals surface area contributed by atoms with Crippen LogP contribution in [0.25, 0.3) is 0 Å². The summed E-state index contributed by atoms with van der Waals surface area (Å²) < 4.78 is 21.6. The van der Waals surface area contributed by atoms with Crippen LogP contribution in [0.3, 0.4) is 0 Å². The van der Waals surface area contributed by atoms with Crippen LogP contribution in [0.5, 0.6) is 5.75 Å². The molecule has 1 aromatic rings. The van der Waals surface area contributed by atoms with Gasteiger partial charge in [-0.25, -0.2) is 0 Å². The molecule has 10 heteroatoms. The molecule has 0 radical (unpaired) electrons. The highest BCUT2D eigenvalue weighted by atomic mass is 16.6. The lowest BCUT2D eigenvalue weighted by Crippen LogP contribution is -2.45. The van der Waals surface area contributed by atoms with Crippen molar-refractivity contribution in [1.29, 1.82) is 0 Å². The number of aliphatic hydroxyl groups is 1. The predicted octanol–water partition coefficient (Wildman–Crippen LogP) is 1.19. The Labute approximate surface area is 200 Å². The number of hydrogen-bond donors (Lipinski definition) is 2. The lowest BCUT2D eigenvalue weighted by atomic mass is 10.0. The largest absolute Gasteiger partial charge is 0.491 e. The molecule has 0 aliphatic carbocycles. The van der Waals surface area contributed by atoms with Gasteiger partial charge in [0.1, 0.15) is 24.0 Å². The highest BCUT2D eigenvalue weighted by Gasteiger charge is 2.38. The maximum absolute atomic E-state index is 13.1. The van der Waals surface area contributed by atoms with Crippen LogP contribution in [0.15, 0.2) is 12.1 Å². The molecule has 1 aliphatic rings. The molecule has 0 fully saturated rings. The van der Waals surface area contributed by atoms with Gasteiger partial charge in [0.25, 0.3) is 5.91 Å². The molecule has 0 bridgehead atoms. The smallest absolute Gasteiger partial charge is 0.306 e. The Morgan fingerprint density at radius 2 is 1.88 bits per heavy atom. The van der Waals surface area contributed by atoms with Crippen molar-refractivity contribution in [2.75, 3.05) is 40.1 Å². The van der Waals surface area contributed by atoms with Gasteiger partial charge in [-0.1, -0.05) is 6.07 Å². The Balaban J connectivity index is 2.17. The number of esters is 1. The summed E-state index contributed by atoms with van der Waals surface area (Å²) in [6.45, 7) is 6.75. The van der Waals surface area contributed by atoms with Crippen LogP contribution < -0.4 is 10.5 Å². The average molecular weight is 481 g/mol. The zero-order valence-electron chi connectivity index (χ0n) is 20.4. The molecule has 2 rings (SSSR count). The van der Waals surface area contributed by atoms with Gasteiger partial charge in [0.05, 0.1) is 26.4 Å². The van der Waals surface area contributed by atoms with Crippen molar-refractivity contribution in [2.45, 2.75) is 58.2 Å². The lowest BCUT2D eigenvalue weighted by Gasteiger charge is -2.26. The summed E-state index contributed by atoms with van der Waals surface area (Å²) >= 11 is 0. The van der Waals surface area contributed by atoms with Gasteiger partial charge in [0.2, 0.25) is 5.91 Å². The van der Waals surface area contributed by atoms with Crippen LogP contribution in [0.2, 0.25) is 0 Å². The maximum Gasteiger partial charge on any atom is 0.306 e. The molecule has 10 nitrogen and oxygen atoms in total. The van der Waals surface area contributed by atoms with Crippen molar-refractivity contribution in [3.8, 4) is 5.75 Å². The summed E-state index contributed by atoms with van der Waals surface area (Å²) in [4.78, 5) is 38.9. The molecule has 0 spiro atoms. The first-order chi connectivity index (χ1) is 16.1. The Hall–Kier alpha value is -2.69. The summed E-state index contributed by atoms with van der Waals surface area (Å²) in [7, 11) is 1.59. The van der Waals surface area contributed by atoms with Crippen LogP contribution >= 0.6 is 0 Å². The van der Waals surface area contributed by atoms with E-state index < -0.39 is 23.5 Å². The standard InChI is InChI=1S/C24H36N2O8/c1-24(2,3)34-20(28)8-7-19(22(25)29)26-15-18-17(23(26)30)6-5-16(9-10-27)21(18)33-14-13-32-12-11-31-4/h5-6,19,27H,7-15H2,1-4H3,(H2,25,29)/t19-/m0/s1. The molecule has 1 aromatic carbocycles. The molecule has 1 atom stereocenters. The number of carbonyl (C=O) groups is 3. The first-order valence-corrected chi connectivity index (χ1v) is 11.4. The van der Waals surface area contributed by atoms with E-state index in [0.717, 1.165) is 5.56 Å². The molecule has 1 aliphatic heterocycles. The third-order valence-electron chi connectivity index (χ3n) is 5.20. The van der Waals surface area contributed by atoms with Crippen LogP contribution in [0, 0.1) is 0 Å². The van der Waals surface area contributed by atoms with Gasteiger partial charge in [-0.2, -0.15) is 0 Å². The number of carbonyl (C=O) groups excluding carboxylic acids is 3. The summed E-state index contributed by atoms with van der Waals surface area (Å²) in [6, 6.07) is 2.42. The average Bonchev–Trinajstić information content (AvgIpc) is 3.07. The number of amides is 2. The summed E-state index contributed by atoms with van der Waals surface area (Å²) in [5.41, 5.74) is 6.73. The normalized spacial score (nSPS) is 14.1. The summed E-state index contributed by atoms with van der Waals surface area (Å²) in [6.07, 6.45) is 0.346. The van der Waals surface area contributed by atoms with Gasteiger partial charge in [-0.15, -0.1) is 0 Å². The third kappa shape index (κ3) is 7.68. The zero-order valence-corrected chi connectivity index (χ0v) is 20.4. The molecule has 3 N–H and O–H groups in total. The molecule has 0 aromatic heterocycles. The third-order valence-corrected chi connectivity index (χ3v) is 5.20. The highest BCUT2D eigenvalue weighted by molar-refractivity contribution is 6.01. The van der Waals surface area contributed by atoms with E-state index in [1.54, 1.807) is 40.0 Å². The number of nitrogens with zero attached hydrogens (tertiary/aromatic N) is 1. The zero-order chi connectivity index (χ0) is 25.3. The molecule has 1 heterocycles. The van der Waals surface area contributed by atoms with Crippen molar-refractivity contribution in [3.05, 3.63) is 28.8 Å². The van der Waals surface area contributed by atoms with Gasteiger partial charge in [-0.3, -0.25) is 14.4 Å². The predicted molar refractivity (Wildman–Crippen MR) is 123 cm³/mol. The number of ether oxygens (including phenoxy) is 4. The van der Waals surface area contributed by atoms with E-state index in [4.69, 9.17) is 24.7 Å². The van der Waals surface area contributed by atoms with Gasteiger partial charge in [0, 0.05) is 31.3 Å². The summed E-state index contributed by atoms with van der Waals surface area (Å²) in [5, 5.41) is 9.45. The highest BCUT2D eigenvalue weighted by Crippen LogP contribution is 2.36. The first-order valence-electron chi connectivity index (χ1n) is 11.4. The molecule has 0 saturated carbocycles. The van der Waals surface area contributed by atoms with E-state index in [1.165, 1.54) is 4.90 Å². The van der Waals surface area contributed by atoms with Gasteiger partial charge in [0.15, 0.2) is 0 Å². The summed E-state index contributed by atoms with van der Waals surface area (Å²) in [5.74, 6) is -1.03. The van der Waals surface area contributed by atoms with Gasteiger partial charge < -0.3 is 34.7 Å². The van der Waals surface area contributed by atoms with Crippen molar-refractivity contribution in [1.82, 2.24) is 4.90 Å². The van der Waals surface area contributed by atoms with E-state index in [9.17, 15) is 19.5 Å². The molecule has 2 amide bonds. The number of fused-ring (bicyclic) bond motifs is 1. The monoisotopic (exact) mass is 480 g/mol. The molecule has 34 heavy (non-hydrogen) atoms. The molecule has 0 unspecified atom stereocenters. The second kappa shape index (κ2) is 12.7. The molecular weight excluding hydrogens is 444 g/mol. The number of rotatable bonds is 14. The Kier molecular flexibility index (Phi) is 10.3. The number of hydrogen-bond acceptors (Lipinski definition) is 8. The lowest BCUT2D eigenvalue weighted by molar-refractivity contribution is -0.155. The molecule has 0 saturated heterocycles. The van der Waals surface area contributed by atoms with Crippen molar-refractivity contribution < 1.29 is 38.4 Å².